The smallest absolute Gasteiger partial charge is 0.267 e. The molecule has 1 aromatic rings. The van der Waals surface area contributed by atoms with Crippen LogP contribution in [0.15, 0.2) is 29.4 Å². The number of nitrogens with one attached hydrogen (secondary N) is 1. The van der Waals surface area contributed by atoms with E-state index < -0.39 is 0 Å². The Morgan fingerprint density at radius 3 is 2.62 bits per heavy atom. The second-order valence-corrected chi connectivity index (χ2v) is 2.77. The van der Waals surface area contributed by atoms with Crippen LogP contribution in [0.4, 0.5) is 0 Å². The van der Waals surface area contributed by atoms with Crippen LogP contribution in [0.5, 0.6) is 0 Å². The van der Waals surface area contributed by atoms with Crippen molar-refractivity contribution in [3.05, 3.63) is 34.9 Å². The van der Waals surface area contributed by atoms with E-state index in [-0.39, 0.29) is 5.91 Å². The molecule has 0 aromatic heterocycles. The van der Waals surface area contributed by atoms with Crippen molar-refractivity contribution in [1.82, 2.24) is 5.43 Å². The molecule has 0 bridgehead atoms. The maximum atomic E-state index is 11.2. The van der Waals surface area contributed by atoms with Crippen molar-refractivity contribution in [3.63, 3.8) is 0 Å². The van der Waals surface area contributed by atoms with Gasteiger partial charge in [0.1, 0.15) is 0 Å². The van der Waals surface area contributed by atoms with Gasteiger partial charge in [0.2, 0.25) is 0 Å². The van der Waals surface area contributed by atoms with Gasteiger partial charge in [-0.3, -0.25) is 4.79 Å². The van der Waals surface area contributed by atoms with Gasteiger partial charge >= 0.3 is 0 Å². The van der Waals surface area contributed by atoms with Crippen LogP contribution in [-0.4, -0.2) is 12.1 Å². The molecule has 1 aromatic carbocycles. The molecule has 0 atom stereocenters. The normalized spacial score (nSPS) is 10.3. The number of benzene rings is 1. The molecule has 13 heavy (non-hydrogen) atoms. The summed E-state index contributed by atoms with van der Waals surface area (Å²) in [5.74, 6) is -0.241. The lowest BCUT2D eigenvalue weighted by Gasteiger charge is -1.98. The average molecular weight is 197 g/mol. The summed E-state index contributed by atoms with van der Waals surface area (Å²) in [5.41, 5.74) is 2.89. The number of hydrogen-bond donors (Lipinski definition) is 1. The molecule has 0 aliphatic rings. The van der Waals surface area contributed by atoms with Gasteiger partial charge in [-0.2, -0.15) is 5.10 Å². The Labute approximate surface area is 81.4 Å². The highest BCUT2D eigenvalue weighted by Gasteiger charge is 2.02. The van der Waals surface area contributed by atoms with Gasteiger partial charge in [-0.1, -0.05) is 11.6 Å². The molecule has 3 nitrogen and oxygen atoms in total. The Morgan fingerprint density at radius 1 is 1.46 bits per heavy atom. The van der Waals surface area contributed by atoms with Crippen molar-refractivity contribution in [3.8, 4) is 0 Å². The Hall–Kier alpha value is -1.35. The molecule has 4 heteroatoms. The number of carbonyl (C=O) groups excluding carboxylic acids is 1. The van der Waals surface area contributed by atoms with Crippen LogP contribution < -0.4 is 5.43 Å². The number of hydrazone groups is 1. The van der Waals surface area contributed by atoms with Crippen molar-refractivity contribution in [2.75, 3.05) is 0 Å². The summed E-state index contributed by atoms with van der Waals surface area (Å²) in [7, 11) is 0. The van der Waals surface area contributed by atoms with Gasteiger partial charge in [-0.05, 0) is 31.2 Å². The zero-order valence-corrected chi connectivity index (χ0v) is 7.88. The van der Waals surface area contributed by atoms with E-state index in [0.717, 1.165) is 0 Å². The van der Waals surface area contributed by atoms with E-state index in [9.17, 15) is 4.79 Å². The minimum atomic E-state index is -0.241. The first kappa shape index (κ1) is 9.74. The molecule has 0 unspecified atom stereocenters. The molecule has 0 saturated carbocycles. The number of hydrogen-bond acceptors (Lipinski definition) is 2. The van der Waals surface area contributed by atoms with E-state index in [1.54, 1.807) is 31.2 Å². The van der Waals surface area contributed by atoms with Crippen LogP contribution in [0.25, 0.3) is 0 Å². The van der Waals surface area contributed by atoms with Crippen molar-refractivity contribution >= 4 is 23.7 Å². The fourth-order valence-electron chi connectivity index (χ4n) is 0.789. The molecule has 0 aliphatic heterocycles. The van der Waals surface area contributed by atoms with Crippen molar-refractivity contribution in [2.24, 2.45) is 5.10 Å². The Kier molecular flexibility index (Phi) is 3.46. The highest BCUT2D eigenvalue weighted by Crippen LogP contribution is 2.08. The predicted octanol–water partition coefficient (Wildman–Crippen LogP) is 2.08. The molecule has 68 valence electrons. The molecule has 1 rings (SSSR count). The molecular formula is C9H9ClN2O. The minimum Gasteiger partial charge on any atom is -0.267 e. The second-order valence-electron chi connectivity index (χ2n) is 2.34. The third kappa shape index (κ3) is 2.87. The van der Waals surface area contributed by atoms with Crippen LogP contribution in [0.3, 0.4) is 0 Å². The summed E-state index contributed by atoms with van der Waals surface area (Å²) in [5, 5.41) is 4.22. The maximum Gasteiger partial charge on any atom is 0.271 e. The minimum absolute atomic E-state index is 0.241. The highest BCUT2D eigenvalue weighted by molar-refractivity contribution is 6.30. The Morgan fingerprint density at radius 2 is 2.08 bits per heavy atom. The van der Waals surface area contributed by atoms with Gasteiger partial charge in [-0.15, -0.1) is 0 Å². The third-order valence-electron chi connectivity index (χ3n) is 1.40. The van der Waals surface area contributed by atoms with Gasteiger partial charge in [0, 0.05) is 16.8 Å². The first-order chi connectivity index (χ1) is 6.24. The quantitative estimate of drug-likeness (QED) is 0.571. The maximum absolute atomic E-state index is 11.2. The van der Waals surface area contributed by atoms with Crippen molar-refractivity contribution in [2.45, 2.75) is 6.92 Å². The fraction of sp³-hybridized carbons (Fsp3) is 0.111. The summed E-state index contributed by atoms with van der Waals surface area (Å²) in [4.78, 5) is 11.2. The van der Waals surface area contributed by atoms with E-state index >= 15 is 0 Å². The predicted molar refractivity (Wildman–Crippen MR) is 53.1 cm³/mol. The SMILES string of the molecule is C/C=N\NC(=O)c1ccc(Cl)cc1. The van der Waals surface area contributed by atoms with E-state index in [1.807, 2.05) is 0 Å². The van der Waals surface area contributed by atoms with Crippen LogP contribution in [0.2, 0.25) is 5.02 Å². The van der Waals surface area contributed by atoms with Gasteiger partial charge in [0.25, 0.3) is 5.91 Å². The Bertz CT molecular complexity index is 319. The summed E-state index contributed by atoms with van der Waals surface area (Å²) in [6.07, 6.45) is 1.51. The van der Waals surface area contributed by atoms with E-state index in [4.69, 9.17) is 11.6 Å². The van der Waals surface area contributed by atoms with Crippen molar-refractivity contribution < 1.29 is 4.79 Å². The molecule has 1 N–H and O–H groups in total. The molecule has 0 spiro atoms. The lowest BCUT2D eigenvalue weighted by Crippen LogP contribution is -2.16. The number of halogens is 1. The first-order valence-electron chi connectivity index (χ1n) is 3.77. The lowest BCUT2D eigenvalue weighted by atomic mass is 10.2. The molecule has 1 amide bonds. The molecular weight excluding hydrogens is 188 g/mol. The zero-order valence-electron chi connectivity index (χ0n) is 7.12. The van der Waals surface area contributed by atoms with E-state index in [1.165, 1.54) is 6.21 Å². The molecule has 0 saturated heterocycles. The Balaban J connectivity index is 2.72. The first-order valence-corrected chi connectivity index (χ1v) is 4.15. The van der Waals surface area contributed by atoms with Gasteiger partial charge < -0.3 is 0 Å². The van der Waals surface area contributed by atoms with Crippen LogP contribution in [0.1, 0.15) is 17.3 Å². The number of carbonyl (C=O) groups is 1. The van der Waals surface area contributed by atoms with Gasteiger partial charge in [0.05, 0.1) is 0 Å². The summed E-state index contributed by atoms with van der Waals surface area (Å²) in [6, 6.07) is 6.60. The van der Waals surface area contributed by atoms with E-state index in [2.05, 4.69) is 10.5 Å². The summed E-state index contributed by atoms with van der Waals surface area (Å²) < 4.78 is 0. The van der Waals surface area contributed by atoms with Crippen LogP contribution in [0, 0.1) is 0 Å². The number of nitrogens with zero attached hydrogens (tertiary/aromatic N) is 1. The average Bonchev–Trinajstić information content (AvgIpc) is 2.15. The van der Waals surface area contributed by atoms with Gasteiger partial charge in [0.15, 0.2) is 0 Å². The van der Waals surface area contributed by atoms with Crippen LogP contribution >= 0.6 is 11.6 Å². The largest absolute Gasteiger partial charge is 0.271 e. The zero-order chi connectivity index (χ0) is 9.68. The molecule has 0 radical (unpaired) electrons. The lowest BCUT2D eigenvalue weighted by molar-refractivity contribution is 0.0955. The second kappa shape index (κ2) is 4.62. The standard InChI is InChI=1S/C9H9ClN2O/c1-2-11-12-9(13)7-3-5-8(10)6-4-7/h2-6H,1H3,(H,12,13)/b11-2-. The highest BCUT2D eigenvalue weighted by atomic mass is 35.5. The van der Waals surface area contributed by atoms with E-state index in [0.29, 0.717) is 10.6 Å². The van der Waals surface area contributed by atoms with Crippen LogP contribution in [-0.2, 0) is 0 Å². The monoisotopic (exact) mass is 196 g/mol. The van der Waals surface area contributed by atoms with Crippen molar-refractivity contribution in [1.29, 1.82) is 0 Å². The summed E-state index contributed by atoms with van der Waals surface area (Å²) in [6.45, 7) is 1.72. The molecule has 0 aliphatic carbocycles. The summed E-state index contributed by atoms with van der Waals surface area (Å²) >= 11 is 5.66. The molecule has 0 heterocycles. The molecule has 0 fully saturated rings. The number of rotatable bonds is 2. The topological polar surface area (TPSA) is 41.5 Å². The number of amides is 1. The third-order valence-corrected chi connectivity index (χ3v) is 1.65. The fourth-order valence-corrected chi connectivity index (χ4v) is 0.915. The van der Waals surface area contributed by atoms with Gasteiger partial charge in [-0.25, -0.2) is 5.43 Å².